The summed E-state index contributed by atoms with van der Waals surface area (Å²) in [6.07, 6.45) is 5.55. The van der Waals surface area contributed by atoms with Crippen molar-refractivity contribution in [3.8, 4) is 0 Å². The Morgan fingerprint density at radius 3 is 2.72 bits per heavy atom. The van der Waals surface area contributed by atoms with E-state index in [2.05, 4.69) is 20.3 Å². The third-order valence-electron chi connectivity index (χ3n) is 4.62. The molecule has 6 nitrogen and oxygen atoms in total. The molecule has 3 heterocycles. The van der Waals surface area contributed by atoms with E-state index in [1.165, 1.54) is 19.3 Å². The van der Waals surface area contributed by atoms with Crippen molar-refractivity contribution in [3.63, 3.8) is 0 Å². The molecule has 0 atom stereocenters. The van der Waals surface area contributed by atoms with Crippen LogP contribution in [0, 0.1) is 0 Å². The molecular formula is C18H21ClN6. The molecule has 0 unspecified atom stereocenters. The summed E-state index contributed by atoms with van der Waals surface area (Å²) in [5.74, 6) is 1.58. The number of nitrogens with zero attached hydrogens (tertiary/aromatic N) is 5. The van der Waals surface area contributed by atoms with Crippen molar-refractivity contribution in [2.75, 3.05) is 23.3 Å². The van der Waals surface area contributed by atoms with Gasteiger partial charge in [-0.2, -0.15) is 15.1 Å². The van der Waals surface area contributed by atoms with Crippen LogP contribution in [0.2, 0.25) is 5.02 Å². The number of halogens is 1. The number of hydrogen-bond acceptors (Lipinski definition) is 5. The summed E-state index contributed by atoms with van der Waals surface area (Å²) in [7, 11) is 1.91. The number of rotatable bonds is 4. The van der Waals surface area contributed by atoms with Crippen LogP contribution in [0.3, 0.4) is 0 Å². The minimum absolute atomic E-state index is 0.586. The molecule has 1 aromatic carbocycles. The predicted molar refractivity (Wildman–Crippen MR) is 101 cm³/mol. The van der Waals surface area contributed by atoms with Gasteiger partial charge in [-0.05, 0) is 30.9 Å². The monoisotopic (exact) mass is 356 g/mol. The van der Waals surface area contributed by atoms with Gasteiger partial charge in [-0.1, -0.05) is 29.8 Å². The van der Waals surface area contributed by atoms with Gasteiger partial charge in [0, 0.05) is 31.7 Å². The van der Waals surface area contributed by atoms with E-state index in [0.717, 1.165) is 40.5 Å². The van der Waals surface area contributed by atoms with Crippen molar-refractivity contribution >= 4 is 34.4 Å². The van der Waals surface area contributed by atoms with Gasteiger partial charge in [0.2, 0.25) is 5.95 Å². The molecule has 7 heteroatoms. The fraction of sp³-hybridized carbons (Fsp3) is 0.389. The zero-order valence-corrected chi connectivity index (χ0v) is 15.0. The van der Waals surface area contributed by atoms with E-state index in [1.807, 2.05) is 37.5 Å². The van der Waals surface area contributed by atoms with Crippen LogP contribution in [0.15, 0.2) is 30.5 Å². The molecule has 0 saturated carbocycles. The van der Waals surface area contributed by atoms with Crippen molar-refractivity contribution < 1.29 is 0 Å². The van der Waals surface area contributed by atoms with Crippen LogP contribution >= 0.6 is 11.6 Å². The van der Waals surface area contributed by atoms with E-state index in [0.29, 0.717) is 12.5 Å². The van der Waals surface area contributed by atoms with E-state index in [9.17, 15) is 0 Å². The Hall–Kier alpha value is -2.34. The van der Waals surface area contributed by atoms with Gasteiger partial charge in [0.25, 0.3) is 0 Å². The lowest BCUT2D eigenvalue weighted by atomic mass is 10.1. The highest BCUT2D eigenvalue weighted by Crippen LogP contribution is 2.27. The van der Waals surface area contributed by atoms with Crippen LogP contribution in [0.4, 0.5) is 11.8 Å². The molecule has 130 valence electrons. The Labute approximate surface area is 151 Å². The second kappa shape index (κ2) is 6.88. The maximum atomic E-state index is 6.24. The smallest absolute Gasteiger partial charge is 0.227 e. The molecule has 0 aliphatic carbocycles. The topological polar surface area (TPSA) is 58.9 Å². The number of anilines is 2. The van der Waals surface area contributed by atoms with Gasteiger partial charge in [0.15, 0.2) is 5.65 Å². The zero-order valence-electron chi connectivity index (χ0n) is 14.2. The summed E-state index contributed by atoms with van der Waals surface area (Å²) in [6, 6.07) is 7.80. The molecule has 3 aromatic rings. The number of fused-ring (bicyclic) bond motifs is 1. The SMILES string of the molecule is Cn1ncc2c(N3CCCCC3)nc(NCc3ccccc3Cl)nc21. The third-order valence-corrected chi connectivity index (χ3v) is 4.99. The van der Waals surface area contributed by atoms with Crippen molar-refractivity contribution in [2.24, 2.45) is 7.05 Å². The van der Waals surface area contributed by atoms with E-state index in [-0.39, 0.29) is 0 Å². The molecule has 1 aliphatic rings. The Kier molecular flexibility index (Phi) is 4.44. The maximum absolute atomic E-state index is 6.24. The van der Waals surface area contributed by atoms with Crippen LogP contribution < -0.4 is 10.2 Å². The second-order valence-electron chi connectivity index (χ2n) is 6.37. The highest BCUT2D eigenvalue weighted by Gasteiger charge is 2.19. The van der Waals surface area contributed by atoms with E-state index >= 15 is 0 Å². The lowest BCUT2D eigenvalue weighted by Gasteiger charge is -2.28. The molecular weight excluding hydrogens is 336 g/mol. The lowest BCUT2D eigenvalue weighted by molar-refractivity contribution is 0.574. The van der Waals surface area contributed by atoms with Gasteiger partial charge in [-0.3, -0.25) is 4.68 Å². The number of aromatic nitrogens is 4. The highest BCUT2D eigenvalue weighted by atomic mass is 35.5. The standard InChI is InChI=1S/C18H21ClN6/c1-24-16-14(12-21-24)17(25-9-5-2-6-10-25)23-18(22-16)20-11-13-7-3-4-8-15(13)19/h3-4,7-8,12H,2,5-6,9-11H2,1H3,(H,20,22,23). The fourth-order valence-corrected chi connectivity index (χ4v) is 3.45. The van der Waals surface area contributed by atoms with Crippen molar-refractivity contribution in [2.45, 2.75) is 25.8 Å². The maximum Gasteiger partial charge on any atom is 0.227 e. The fourth-order valence-electron chi connectivity index (χ4n) is 3.25. The lowest BCUT2D eigenvalue weighted by Crippen LogP contribution is -2.30. The quantitative estimate of drug-likeness (QED) is 0.773. The van der Waals surface area contributed by atoms with Crippen molar-refractivity contribution in [1.82, 2.24) is 19.7 Å². The molecule has 1 saturated heterocycles. The van der Waals surface area contributed by atoms with Crippen LogP contribution in [-0.2, 0) is 13.6 Å². The summed E-state index contributed by atoms with van der Waals surface area (Å²) < 4.78 is 1.80. The Balaban J connectivity index is 1.66. The molecule has 2 aromatic heterocycles. The summed E-state index contributed by atoms with van der Waals surface area (Å²) in [6.45, 7) is 2.65. The Bertz CT molecular complexity index is 884. The van der Waals surface area contributed by atoms with Crippen molar-refractivity contribution in [3.05, 3.63) is 41.0 Å². The first-order valence-corrected chi connectivity index (χ1v) is 9.02. The van der Waals surface area contributed by atoms with Gasteiger partial charge in [-0.15, -0.1) is 0 Å². The number of hydrogen-bond donors (Lipinski definition) is 1. The molecule has 0 bridgehead atoms. The van der Waals surface area contributed by atoms with Crippen LogP contribution in [-0.4, -0.2) is 32.8 Å². The molecule has 4 rings (SSSR count). The Morgan fingerprint density at radius 2 is 1.92 bits per heavy atom. The average Bonchev–Trinajstić information content (AvgIpc) is 3.02. The number of benzene rings is 1. The van der Waals surface area contributed by atoms with Gasteiger partial charge in [0.05, 0.1) is 11.6 Å². The summed E-state index contributed by atoms with van der Waals surface area (Å²) in [5.41, 5.74) is 1.87. The molecule has 1 aliphatic heterocycles. The first kappa shape index (κ1) is 16.1. The summed E-state index contributed by atoms with van der Waals surface area (Å²) >= 11 is 6.24. The largest absolute Gasteiger partial charge is 0.356 e. The van der Waals surface area contributed by atoms with Crippen LogP contribution in [0.25, 0.3) is 11.0 Å². The van der Waals surface area contributed by atoms with Gasteiger partial charge >= 0.3 is 0 Å². The van der Waals surface area contributed by atoms with Crippen molar-refractivity contribution in [1.29, 1.82) is 0 Å². The number of nitrogens with one attached hydrogen (secondary N) is 1. The minimum Gasteiger partial charge on any atom is -0.356 e. The third kappa shape index (κ3) is 3.26. The van der Waals surface area contributed by atoms with Gasteiger partial charge < -0.3 is 10.2 Å². The molecule has 1 N–H and O–H groups in total. The van der Waals surface area contributed by atoms with Gasteiger partial charge in [-0.25, -0.2) is 0 Å². The molecule has 25 heavy (non-hydrogen) atoms. The molecule has 0 amide bonds. The number of piperidine rings is 1. The predicted octanol–water partition coefficient (Wildman–Crippen LogP) is 3.62. The molecule has 0 radical (unpaired) electrons. The normalized spacial score (nSPS) is 14.9. The Morgan fingerprint density at radius 1 is 1.12 bits per heavy atom. The van der Waals surface area contributed by atoms with E-state index < -0.39 is 0 Å². The molecule has 1 fully saturated rings. The second-order valence-corrected chi connectivity index (χ2v) is 6.78. The molecule has 0 spiro atoms. The summed E-state index contributed by atoms with van der Waals surface area (Å²) in [5, 5.41) is 9.43. The average molecular weight is 357 g/mol. The first-order valence-electron chi connectivity index (χ1n) is 8.64. The number of aryl methyl sites for hydroxylation is 1. The summed E-state index contributed by atoms with van der Waals surface area (Å²) in [4.78, 5) is 11.8. The zero-order chi connectivity index (χ0) is 17.2. The van der Waals surface area contributed by atoms with E-state index in [4.69, 9.17) is 16.6 Å². The highest BCUT2D eigenvalue weighted by molar-refractivity contribution is 6.31. The van der Waals surface area contributed by atoms with E-state index in [1.54, 1.807) is 4.68 Å². The van der Waals surface area contributed by atoms with Gasteiger partial charge in [0.1, 0.15) is 5.82 Å². The van der Waals surface area contributed by atoms with Crippen LogP contribution in [0.5, 0.6) is 0 Å². The first-order chi connectivity index (χ1) is 12.2. The minimum atomic E-state index is 0.586. The van der Waals surface area contributed by atoms with Crippen LogP contribution in [0.1, 0.15) is 24.8 Å².